The van der Waals surface area contributed by atoms with Crippen molar-refractivity contribution in [2.75, 3.05) is 12.3 Å². The number of rotatable bonds is 3. The molecule has 2 aromatic rings. The molecule has 3 rings (SSSR count). The van der Waals surface area contributed by atoms with Gasteiger partial charge in [0, 0.05) is 22.8 Å². The number of fused-ring (bicyclic) bond motifs is 1. The van der Waals surface area contributed by atoms with E-state index in [0.29, 0.717) is 17.2 Å². The number of nitrogens with one attached hydrogen (secondary N) is 2. The zero-order valence-corrected chi connectivity index (χ0v) is 12.7. The molecular formula is C13H15N5O3S. The van der Waals surface area contributed by atoms with E-state index in [4.69, 9.17) is 10.5 Å². The van der Waals surface area contributed by atoms with Gasteiger partial charge < -0.3 is 15.8 Å². The van der Waals surface area contributed by atoms with Crippen molar-refractivity contribution in [1.29, 1.82) is 0 Å². The molecule has 1 aliphatic rings. The number of nitrogens with zero attached hydrogens (tertiary/aromatic N) is 2. The van der Waals surface area contributed by atoms with Crippen LogP contribution in [0.5, 0.6) is 0 Å². The fourth-order valence-electron chi connectivity index (χ4n) is 2.49. The van der Waals surface area contributed by atoms with Crippen LogP contribution in [-0.2, 0) is 16.1 Å². The lowest BCUT2D eigenvalue weighted by atomic mass is 9.94. The molecule has 2 aromatic heterocycles. The standard InChI is InChI=1S/C13H15N5O3S/c1-2-21-12(20)10-7(4-16-18-10)6-3-9(19)15-5-8-11(6)22-13(14)17-8/h4,6H,2-3,5H2,1H3,(H2,14,17)(H,15,19)(H,16,18). The number of anilines is 1. The number of esters is 1. The topological polar surface area (TPSA) is 123 Å². The van der Waals surface area contributed by atoms with Crippen LogP contribution in [0.25, 0.3) is 0 Å². The maximum atomic E-state index is 12.0. The van der Waals surface area contributed by atoms with Crippen LogP contribution in [0.3, 0.4) is 0 Å². The van der Waals surface area contributed by atoms with Gasteiger partial charge in [-0.3, -0.25) is 9.89 Å². The van der Waals surface area contributed by atoms with Gasteiger partial charge in [-0.25, -0.2) is 9.78 Å². The van der Waals surface area contributed by atoms with Gasteiger partial charge in [0.1, 0.15) is 5.69 Å². The van der Waals surface area contributed by atoms with Crippen LogP contribution in [0.4, 0.5) is 5.13 Å². The quantitative estimate of drug-likeness (QED) is 0.718. The molecule has 9 heteroatoms. The van der Waals surface area contributed by atoms with Crippen LogP contribution in [0.1, 0.15) is 45.9 Å². The molecule has 1 amide bonds. The Labute approximate surface area is 130 Å². The minimum absolute atomic E-state index is 0.107. The number of amides is 1. The highest BCUT2D eigenvalue weighted by molar-refractivity contribution is 7.15. The molecule has 22 heavy (non-hydrogen) atoms. The maximum Gasteiger partial charge on any atom is 0.356 e. The van der Waals surface area contributed by atoms with Crippen molar-refractivity contribution in [3.05, 3.63) is 28.0 Å². The van der Waals surface area contributed by atoms with E-state index in [-0.39, 0.29) is 30.5 Å². The number of carbonyl (C=O) groups is 2. The summed E-state index contributed by atoms with van der Waals surface area (Å²) >= 11 is 1.33. The molecule has 1 unspecified atom stereocenters. The highest BCUT2D eigenvalue weighted by Crippen LogP contribution is 2.38. The Hall–Kier alpha value is -2.42. The monoisotopic (exact) mass is 321 g/mol. The van der Waals surface area contributed by atoms with Crippen LogP contribution in [0, 0.1) is 0 Å². The number of thiazole rings is 1. The van der Waals surface area contributed by atoms with Crippen LogP contribution in [-0.4, -0.2) is 33.7 Å². The average Bonchev–Trinajstić information content (AvgIpc) is 3.06. The van der Waals surface area contributed by atoms with Crippen molar-refractivity contribution < 1.29 is 14.3 Å². The highest BCUT2D eigenvalue weighted by atomic mass is 32.1. The molecule has 0 spiro atoms. The van der Waals surface area contributed by atoms with Gasteiger partial charge in [0.05, 0.1) is 25.0 Å². The molecule has 8 nitrogen and oxygen atoms in total. The van der Waals surface area contributed by atoms with E-state index in [1.165, 1.54) is 11.3 Å². The normalized spacial score (nSPS) is 17.5. The Morgan fingerprint density at radius 3 is 3.18 bits per heavy atom. The van der Waals surface area contributed by atoms with E-state index in [9.17, 15) is 9.59 Å². The van der Waals surface area contributed by atoms with E-state index in [0.717, 1.165) is 10.6 Å². The number of hydrogen-bond donors (Lipinski definition) is 3. The molecule has 0 radical (unpaired) electrons. The first kappa shape index (κ1) is 14.5. The Balaban J connectivity index is 2.05. The maximum absolute atomic E-state index is 12.0. The third kappa shape index (κ3) is 2.54. The van der Waals surface area contributed by atoms with Gasteiger partial charge in [0.2, 0.25) is 5.91 Å². The van der Waals surface area contributed by atoms with Gasteiger partial charge in [-0.1, -0.05) is 0 Å². The lowest BCUT2D eigenvalue weighted by Gasteiger charge is -2.12. The van der Waals surface area contributed by atoms with Crippen LogP contribution in [0.15, 0.2) is 6.20 Å². The number of aromatic amines is 1. The molecule has 0 saturated carbocycles. The Morgan fingerprint density at radius 2 is 2.41 bits per heavy atom. The average molecular weight is 321 g/mol. The molecule has 116 valence electrons. The fourth-order valence-corrected chi connectivity index (χ4v) is 3.46. The lowest BCUT2D eigenvalue weighted by Crippen LogP contribution is -2.21. The van der Waals surface area contributed by atoms with E-state index >= 15 is 0 Å². The number of carbonyl (C=O) groups excluding carboxylic acids is 2. The minimum Gasteiger partial charge on any atom is -0.461 e. The smallest absolute Gasteiger partial charge is 0.356 e. The third-order valence-corrected chi connectivity index (χ3v) is 4.47. The number of H-pyrrole nitrogens is 1. The zero-order chi connectivity index (χ0) is 15.7. The Kier molecular flexibility index (Phi) is 3.80. The molecule has 0 aromatic carbocycles. The van der Waals surface area contributed by atoms with E-state index in [2.05, 4.69) is 20.5 Å². The Morgan fingerprint density at radius 1 is 1.59 bits per heavy atom. The van der Waals surface area contributed by atoms with Gasteiger partial charge in [0.25, 0.3) is 0 Å². The first-order valence-corrected chi connectivity index (χ1v) is 7.64. The minimum atomic E-state index is -0.487. The van der Waals surface area contributed by atoms with Gasteiger partial charge >= 0.3 is 5.97 Å². The van der Waals surface area contributed by atoms with Crippen LogP contribution >= 0.6 is 11.3 Å². The molecule has 0 saturated heterocycles. The van der Waals surface area contributed by atoms with E-state index in [1.54, 1.807) is 13.1 Å². The number of aromatic nitrogens is 3. The largest absolute Gasteiger partial charge is 0.461 e. The summed E-state index contributed by atoms with van der Waals surface area (Å²) in [5, 5.41) is 9.81. The Bertz CT molecular complexity index is 723. The second kappa shape index (κ2) is 5.76. The van der Waals surface area contributed by atoms with Gasteiger partial charge in [-0.15, -0.1) is 11.3 Å². The van der Waals surface area contributed by atoms with Gasteiger partial charge in [-0.05, 0) is 6.92 Å². The molecule has 0 fully saturated rings. The fraction of sp³-hybridized carbons (Fsp3) is 0.385. The third-order valence-electron chi connectivity index (χ3n) is 3.43. The van der Waals surface area contributed by atoms with E-state index in [1.807, 2.05) is 0 Å². The van der Waals surface area contributed by atoms with Crippen LogP contribution < -0.4 is 11.1 Å². The van der Waals surface area contributed by atoms with Crippen molar-refractivity contribution in [1.82, 2.24) is 20.5 Å². The number of hydrogen-bond acceptors (Lipinski definition) is 7. The summed E-state index contributed by atoms with van der Waals surface area (Å²) in [6, 6.07) is 0. The zero-order valence-electron chi connectivity index (χ0n) is 11.9. The SMILES string of the molecule is CCOC(=O)c1[nH]ncc1C1CC(=O)NCc2nc(N)sc21. The number of nitrogen functional groups attached to an aromatic ring is 1. The summed E-state index contributed by atoms with van der Waals surface area (Å²) in [5.41, 5.74) is 7.40. The number of nitrogens with two attached hydrogens (primary N) is 1. The molecule has 3 heterocycles. The summed E-state index contributed by atoms with van der Waals surface area (Å²) in [6.45, 7) is 2.33. The lowest BCUT2D eigenvalue weighted by molar-refractivity contribution is -0.121. The summed E-state index contributed by atoms with van der Waals surface area (Å²) in [4.78, 5) is 29.1. The summed E-state index contributed by atoms with van der Waals surface area (Å²) < 4.78 is 5.02. The van der Waals surface area contributed by atoms with E-state index < -0.39 is 5.97 Å². The summed E-state index contributed by atoms with van der Waals surface area (Å²) in [5.74, 6) is -0.908. The first-order chi connectivity index (χ1) is 10.6. The van der Waals surface area contributed by atoms with Crippen molar-refractivity contribution in [3.8, 4) is 0 Å². The molecule has 0 bridgehead atoms. The summed E-state index contributed by atoms with van der Waals surface area (Å²) in [6.07, 6.45) is 1.76. The highest BCUT2D eigenvalue weighted by Gasteiger charge is 2.31. The molecule has 4 N–H and O–H groups in total. The van der Waals surface area contributed by atoms with Crippen molar-refractivity contribution >= 4 is 28.3 Å². The van der Waals surface area contributed by atoms with Crippen LogP contribution in [0.2, 0.25) is 0 Å². The van der Waals surface area contributed by atoms with Crippen molar-refractivity contribution in [2.24, 2.45) is 0 Å². The second-order valence-corrected chi connectivity index (χ2v) is 5.88. The second-order valence-electron chi connectivity index (χ2n) is 4.82. The van der Waals surface area contributed by atoms with Crippen molar-refractivity contribution in [3.63, 3.8) is 0 Å². The van der Waals surface area contributed by atoms with Gasteiger partial charge in [-0.2, -0.15) is 5.10 Å². The van der Waals surface area contributed by atoms with Gasteiger partial charge in [0.15, 0.2) is 5.13 Å². The number of ether oxygens (including phenoxy) is 1. The molecule has 0 aliphatic carbocycles. The summed E-state index contributed by atoms with van der Waals surface area (Å²) in [7, 11) is 0. The van der Waals surface area contributed by atoms with Crippen molar-refractivity contribution in [2.45, 2.75) is 25.8 Å². The predicted octanol–water partition coefficient (Wildman–Crippen LogP) is 0.777. The molecule has 1 aliphatic heterocycles. The first-order valence-electron chi connectivity index (χ1n) is 6.82. The molecular weight excluding hydrogens is 306 g/mol. The molecule has 1 atom stereocenters. The predicted molar refractivity (Wildman–Crippen MR) is 79.4 cm³/mol.